The molecule has 0 nitrogen and oxygen atoms in total. The number of allylic oxidation sites excluding steroid dienone is 8. The standard InChI is InChI=1S/2C8H11.2CH3.2BrH.H2Si.Ti/c2*1-7(2)8-5-3-4-6-8;;;;;;/h2*3,5,7H,4H2,1-2H3;2*1H3;2*1H;1H2;. The van der Waals surface area contributed by atoms with Gasteiger partial charge in [0.2, 0.25) is 0 Å². The van der Waals surface area contributed by atoms with Gasteiger partial charge in [-0.15, -0.1) is 34.0 Å². The van der Waals surface area contributed by atoms with Gasteiger partial charge in [-0.1, -0.05) is 0 Å². The molecular weight excluding hydrogens is 452 g/mol. The van der Waals surface area contributed by atoms with Gasteiger partial charge in [0.15, 0.2) is 0 Å². The van der Waals surface area contributed by atoms with Crippen LogP contribution in [-0.2, 0) is 14.0 Å². The van der Waals surface area contributed by atoms with E-state index >= 15 is 0 Å². The molecule has 0 spiro atoms. The van der Waals surface area contributed by atoms with E-state index in [1.165, 1.54) is 12.8 Å². The molecule has 0 heterocycles. The Balaban J connectivity index is 0.00000220. The van der Waals surface area contributed by atoms with Crippen molar-refractivity contribution in [3.05, 3.63) is 43.2 Å². The fourth-order valence-electron chi connectivity index (χ4n) is 3.89. The third-order valence-corrected chi connectivity index (χ3v) is 16.2. The van der Waals surface area contributed by atoms with Crippen molar-refractivity contribution in [1.82, 2.24) is 0 Å². The van der Waals surface area contributed by atoms with Crippen LogP contribution in [0.15, 0.2) is 43.2 Å². The van der Waals surface area contributed by atoms with Crippen LogP contribution in [-0.4, -0.2) is 7.63 Å². The minimum atomic E-state index is -2.70. The van der Waals surface area contributed by atoms with E-state index in [0.29, 0.717) is 11.8 Å². The first kappa shape index (κ1) is 22.9. The maximum absolute atomic E-state index is 2.70. The number of hydrogen-bond acceptors (Lipinski definition) is 0. The van der Waals surface area contributed by atoms with Crippen molar-refractivity contribution in [2.45, 2.75) is 51.0 Å². The van der Waals surface area contributed by atoms with Crippen molar-refractivity contribution in [1.29, 1.82) is 0 Å². The Morgan fingerprint density at radius 2 is 1.14 bits per heavy atom. The van der Waals surface area contributed by atoms with E-state index in [9.17, 15) is 0 Å². The summed E-state index contributed by atoms with van der Waals surface area (Å²) in [5.41, 5.74) is 3.29. The summed E-state index contributed by atoms with van der Waals surface area (Å²) < 4.78 is 3.65. The molecule has 2 aliphatic rings. The van der Waals surface area contributed by atoms with Gasteiger partial charge in [0.05, 0.1) is 0 Å². The summed E-state index contributed by atoms with van der Waals surface area (Å²) in [4.78, 5) is 0. The van der Waals surface area contributed by atoms with Gasteiger partial charge in [-0.2, -0.15) is 0 Å². The first-order valence-electron chi connectivity index (χ1n) is 8.01. The predicted molar refractivity (Wildman–Crippen MR) is 112 cm³/mol. The SMILES string of the molecule is Br.Br.CC(C)C1=[C]([Ti]([CH3])([CH3])(=[SiH2])[C]2=C(C(C)C)C=CC2)CC=C1. The Hall–Kier alpha value is 0.851. The molecule has 0 saturated carbocycles. The molecule has 22 heavy (non-hydrogen) atoms. The molecule has 0 fully saturated rings. The predicted octanol–water partition coefficient (Wildman–Crippen LogP) is 6.22. The van der Waals surface area contributed by atoms with E-state index in [2.05, 4.69) is 70.1 Å². The van der Waals surface area contributed by atoms with Gasteiger partial charge in [-0.25, -0.2) is 0 Å². The van der Waals surface area contributed by atoms with E-state index < -0.39 is 14.0 Å². The first-order chi connectivity index (χ1) is 9.13. The van der Waals surface area contributed by atoms with E-state index in [0.717, 1.165) is 0 Å². The van der Waals surface area contributed by atoms with Crippen molar-refractivity contribution >= 4 is 41.6 Å². The molecule has 0 aromatic heterocycles. The van der Waals surface area contributed by atoms with Gasteiger partial charge in [0, 0.05) is 0 Å². The normalized spacial score (nSPS) is 18.4. The zero-order valence-electron chi connectivity index (χ0n) is 14.9. The molecule has 0 saturated heterocycles. The van der Waals surface area contributed by atoms with Crippen LogP contribution in [0.4, 0.5) is 0 Å². The van der Waals surface area contributed by atoms with Crippen molar-refractivity contribution in [2.75, 3.05) is 0 Å². The summed E-state index contributed by atoms with van der Waals surface area (Å²) in [5, 5.41) is 5.29. The Kier molecular flexibility index (Phi) is 8.12. The van der Waals surface area contributed by atoms with Gasteiger partial charge >= 0.3 is 128 Å². The molecule has 0 aromatic rings. The van der Waals surface area contributed by atoms with Crippen LogP contribution in [0.2, 0.25) is 10.5 Å². The molecule has 0 radical (unpaired) electrons. The number of rotatable bonds is 4. The average molecular weight is 484 g/mol. The molecular formula is C18H32Br2SiTi. The summed E-state index contributed by atoms with van der Waals surface area (Å²) in [6.07, 6.45) is 12.0. The average Bonchev–Trinajstić information content (AvgIpc) is 2.98. The second-order valence-electron chi connectivity index (χ2n) is 8.08. The number of halogens is 2. The molecule has 0 N–H and O–H groups in total. The van der Waals surface area contributed by atoms with Crippen LogP contribution in [0, 0.1) is 11.8 Å². The number of hydrogen-bond donors (Lipinski definition) is 0. The zero-order valence-corrected chi connectivity index (χ0v) is 21.3. The van der Waals surface area contributed by atoms with Crippen LogP contribution in [0.25, 0.3) is 0 Å². The molecule has 2 rings (SSSR count). The van der Waals surface area contributed by atoms with Gasteiger partial charge < -0.3 is 0 Å². The second kappa shape index (κ2) is 7.82. The van der Waals surface area contributed by atoms with Crippen LogP contribution in [0.3, 0.4) is 0 Å². The molecule has 0 atom stereocenters. The Bertz CT molecular complexity index is 565. The van der Waals surface area contributed by atoms with Gasteiger partial charge in [0.1, 0.15) is 0 Å². The van der Waals surface area contributed by atoms with Gasteiger partial charge in [0.25, 0.3) is 0 Å². The topological polar surface area (TPSA) is 0 Å². The molecule has 0 aliphatic heterocycles. The van der Waals surface area contributed by atoms with E-state index in [-0.39, 0.29) is 34.0 Å². The summed E-state index contributed by atoms with van der Waals surface area (Å²) in [6, 6.07) is 0. The summed E-state index contributed by atoms with van der Waals surface area (Å²) in [6.45, 7) is 9.39. The minimum absolute atomic E-state index is 0. The Morgan fingerprint density at radius 1 is 0.818 bits per heavy atom. The summed E-state index contributed by atoms with van der Waals surface area (Å²) in [5.74, 6) is 1.32. The molecule has 0 aromatic carbocycles. The third-order valence-electron chi connectivity index (χ3n) is 5.12. The summed E-state index contributed by atoms with van der Waals surface area (Å²) in [7, 11) is 2.38. The van der Waals surface area contributed by atoms with E-state index in [4.69, 9.17) is 0 Å². The van der Waals surface area contributed by atoms with Crippen LogP contribution < -0.4 is 0 Å². The van der Waals surface area contributed by atoms with Crippen LogP contribution in [0.1, 0.15) is 40.5 Å². The summed E-state index contributed by atoms with van der Waals surface area (Å²) >= 11 is -2.70. The molecule has 126 valence electrons. The van der Waals surface area contributed by atoms with Crippen molar-refractivity contribution in [3.63, 3.8) is 0 Å². The second-order valence-corrected chi connectivity index (χ2v) is 27.1. The molecule has 0 bridgehead atoms. The molecule has 0 unspecified atom stereocenters. The first-order valence-corrected chi connectivity index (χ1v) is 16.7. The van der Waals surface area contributed by atoms with E-state index in [1.54, 1.807) is 11.1 Å². The van der Waals surface area contributed by atoms with Crippen molar-refractivity contribution in [2.24, 2.45) is 11.8 Å². The van der Waals surface area contributed by atoms with Crippen molar-refractivity contribution in [3.8, 4) is 0 Å². The zero-order chi connectivity index (χ0) is 15.2. The van der Waals surface area contributed by atoms with E-state index in [1.807, 2.05) is 7.76 Å². The third kappa shape index (κ3) is 4.08. The molecule has 4 heteroatoms. The molecule has 0 amide bonds. The van der Waals surface area contributed by atoms with Gasteiger partial charge in [-0.05, 0) is 0 Å². The Labute approximate surface area is 160 Å². The van der Waals surface area contributed by atoms with Crippen LogP contribution >= 0.6 is 34.0 Å². The Morgan fingerprint density at radius 3 is 1.41 bits per heavy atom. The van der Waals surface area contributed by atoms with Crippen molar-refractivity contribution < 1.29 is 14.0 Å². The fraction of sp³-hybridized carbons (Fsp3) is 0.556. The molecule has 2 aliphatic carbocycles. The monoisotopic (exact) mass is 482 g/mol. The maximum atomic E-state index is 2.64. The fourth-order valence-corrected chi connectivity index (χ4v) is 13.8. The quantitative estimate of drug-likeness (QED) is 0.416. The van der Waals surface area contributed by atoms with Crippen LogP contribution in [0.5, 0.6) is 0 Å². The van der Waals surface area contributed by atoms with Gasteiger partial charge in [-0.3, -0.25) is 0 Å².